The molecule has 0 unspecified atom stereocenters. The molecule has 0 amide bonds. The van der Waals surface area contributed by atoms with Gasteiger partial charge in [-0.2, -0.15) is 4.98 Å². The van der Waals surface area contributed by atoms with Crippen LogP contribution < -0.4 is 5.56 Å². The molecule has 6 nitrogen and oxygen atoms in total. The number of nitrogens with one attached hydrogen (secondary N) is 1. The van der Waals surface area contributed by atoms with Gasteiger partial charge in [0, 0.05) is 6.20 Å². The molecule has 0 saturated carbocycles. The van der Waals surface area contributed by atoms with Crippen LogP contribution in [0, 0.1) is 0 Å². The minimum atomic E-state index is -3.81. The standard InChI is InChI=1S/C12H8ClN3O3S/c13-12-14-10-9(11(17)15-12)6-7-16(10)20(18,19)8-4-2-1-3-5-8/h1-7H,(H,14,15,17). The Balaban J connectivity index is 2.34. The van der Waals surface area contributed by atoms with Gasteiger partial charge >= 0.3 is 0 Å². The molecule has 20 heavy (non-hydrogen) atoms. The fourth-order valence-electron chi connectivity index (χ4n) is 1.87. The Morgan fingerprint density at radius 1 is 1.15 bits per heavy atom. The Labute approximate surface area is 118 Å². The predicted molar refractivity (Wildman–Crippen MR) is 74.4 cm³/mol. The van der Waals surface area contributed by atoms with Crippen molar-refractivity contribution in [3.63, 3.8) is 0 Å². The highest BCUT2D eigenvalue weighted by atomic mass is 35.5. The van der Waals surface area contributed by atoms with E-state index in [4.69, 9.17) is 11.6 Å². The average molecular weight is 310 g/mol. The van der Waals surface area contributed by atoms with Gasteiger partial charge in [0.05, 0.1) is 10.3 Å². The summed E-state index contributed by atoms with van der Waals surface area (Å²) in [5.41, 5.74) is -0.482. The zero-order valence-corrected chi connectivity index (χ0v) is 11.5. The van der Waals surface area contributed by atoms with E-state index in [1.807, 2.05) is 0 Å². The third-order valence-corrected chi connectivity index (χ3v) is 4.65. The first-order chi connectivity index (χ1) is 9.50. The Morgan fingerprint density at radius 3 is 2.55 bits per heavy atom. The fourth-order valence-corrected chi connectivity index (χ4v) is 3.36. The number of halogens is 1. The van der Waals surface area contributed by atoms with Crippen LogP contribution in [0.2, 0.25) is 5.28 Å². The Hall–Kier alpha value is -2.12. The number of rotatable bonds is 2. The summed E-state index contributed by atoms with van der Waals surface area (Å²) >= 11 is 5.67. The van der Waals surface area contributed by atoms with Crippen LogP contribution in [0.15, 0.2) is 52.3 Å². The molecule has 8 heteroatoms. The van der Waals surface area contributed by atoms with Gasteiger partial charge in [0.25, 0.3) is 15.6 Å². The number of hydrogen-bond acceptors (Lipinski definition) is 4. The van der Waals surface area contributed by atoms with Gasteiger partial charge in [-0.25, -0.2) is 12.4 Å². The van der Waals surface area contributed by atoms with Crippen molar-refractivity contribution in [2.24, 2.45) is 0 Å². The highest BCUT2D eigenvalue weighted by Crippen LogP contribution is 2.19. The van der Waals surface area contributed by atoms with Crippen molar-refractivity contribution in [1.82, 2.24) is 13.9 Å². The minimum Gasteiger partial charge on any atom is -0.297 e. The zero-order valence-electron chi connectivity index (χ0n) is 9.95. The molecule has 102 valence electrons. The molecule has 0 fully saturated rings. The second-order valence-corrected chi connectivity index (χ2v) is 6.20. The van der Waals surface area contributed by atoms with E-state index in [-0.39, 0.29) is 21.2 Å². The number of H-pyrrole nitrogens is 1. The number of aromatic nitrogens is 3. The third-order valence-electron chi connectivity index (χ3n) is 2.79. The van der Waals surface area contributed by atoms with Gasteiger partial charge in [0.2, 0.25) is 5.28 Å². The second-order valence-electron chi connectivity index (χ2n) is 4.02. The first-order valence-corrected chi connectivity index (χ1v) is 7.39. The van der Waals surface area contributed by atoms with Crippen molar-refractivity contribution in [1.29, 1.82) is 0 Å². The maximum absolute atomic E-state index is 12.5. The van der Waals surface area contributed by atoms with E-state index in [1.54, 1.807) is 18.2 Å². The van der Waals surface area contributed by atoms with E-state index >= 15 is 0 Å². The van der Waals surface area contributed by atoms with Gasteiger partial charge in [0.15, 0.2) is 5.65 Å². The Morgan fingerprint density at radius 2 is 1.85 bits per heavy atom. The fraction of sp³-hybridized carbons (Fsp3) is 0. The summed E-state index contributed by atoms with van der Waals surface area (Å²) in [5.74, 6) is 0. The molecule has 0 aliphatic carbocycles. The van der Waals surface area contributed by atoms with E-state index in [0.717, 1.165) is 3.97 Å². The molecule has 2 aromatic heterocycles. The van der Waals surface area contributed by atoms with Crippen molar-refractivity contribution in [3.8, 4) is 0 Å². The maximum Gasteiger partial charge on any atom is 0.269 e. The average Bonchev–Trinajstić information content (AvgIpc) is 2.84. The van der Waals surface area contributed by atoms with Crippen molar-refractivity contribution in [2.75, 3.05) is 0 Å². The van der Waals surface area contributed by atoms with E-state index in [0.29, 0.717) is 0 Å². The molecule has 0 aliphatic rings. The number of aromatic amines is 1. The third kappa shape index (κ3) is 1.91. The number of hydrogen-bond donors (Lipinski definition) is 1. The van der Waals surface area contributed by atoms with Crippen molar-refractivity contribution in [2.45, 2.75) is 4.90 Å². The molecule has 1 aromatic carbocycles. The van der Waals surface area contributed by atoms with Crippen LogP contribution in [0.1, 0.15) is 0 Å². The topological polar surface area (TPSA) is 84.8 Å². The van der Waals surface area contributed by atoms with Gasteiger partial charge in [0.1, 0.15) is 0 Å². The van der Waals surface area contributed by atoms with E-state index in [2.05, 4.69) is 9.97 Å². The molecular weight excluding hydrogens is 302 g/mol. The van der Waals surface area contributed by atoms with E-state index in [1.165, 1.54) is 24.4 Å². The molecule has 2 heterocycles. The molecule has 0 saturated heterocycles. The Kier molecular flexibility index (Phi) is 2.88. The quantitative estimate of drug-likeness (QED) is 0.729. The lowest BCUT2D eigenvalue weighted by atomic mass is 10.4. The van der Waals surface area contributed by atoms with Gasteiger partial charge in [-0.1, -0.05) is 18.2 Å². The van der Waals surface area contributed by atoms with Gasteiger partial charge < -0.3 is 0 Å². The first kappa shape index (κ1) is 12.9. The second kappa shape index (κ2) is 4.46. The lowest BCUT2D eigenvalue weighted by molar-refractivity contribution is 0.588. The molecule has 3 aromatic rings. The summed E-state index contributed by atoms with van der Waals surface area (Å²) in [7, 11) is -3.81. The van der Waals surface area contributed by atoms with Gasteiger partial charge in [-0.3, -0.25) is 9.78 Å². The normalized spacial score (nSPS) is 11.8. The first-order valence-electron chi connectivity index (χ1n) is 5.57. The van der Waals surface area contributed by atoms with Crippen LogP contribution in [-0.2, 0) is 10.0 Å². The SMILES string of the molecule is O=c1[nH]c(Cl)nc2c1ccn2S(=O)(=O)c1ccccc1. The van der Waals surface area contributed by atoms with Crippen molar-refractivity contribution >= 4 is 32.7 Å². The molecule has 3 rings (SSSR count). The highest BCUT2D eigenvalue weighted by molar-refractivity contribution is 7.90. The summed E-state index contributed by atoms with van der Waals surface area (Å²) in [6, 6.07) is 9.27. The lowest BCUT2D eigenvalue weighted by Crippen LogP contribution is -2.14. The molecule has 0 radical (unpaired) electrons. The highest BCUT2D eigenvalue weighted by Gasteiger charge is 2.20. The summed E-state index contributed by atoms with van der Waals surface area (Å²) in [5, 5.41) is -0.000354. The minimum absolute atomic E-state index is 0.00241. The maximum atomic E-state index is 12.5. The number of benzene rings is 1. The van der Waals surface area contributed by atoms with Crippen LogP contribution in [0.3, 0.4) is 0 Å². The molecule has 0 bridgehead atoms. The van der Waals surface area contributed by atoms with Crippen LogP contribution in [0.25, 0.3) is 11.0 Å². The number of fused-ring (bicyclic) bond motifs is 1. The predicted octanol–water partition coefficient (Wildman–Crippen LogP) is 1.61. The van der Waals surface area contributed by atoms with Gasteiger partial charge in [-0.05, 0) is 29.8 Å². The summed E-state index contributed by atoms with van der Waals surface area (Å²) < 4.78 is 25.9. The van der Waals surface area contributed by atoms with Crippen molar-refractivity contribution < 1.29 is 8.42 Å². The van der Waals surface area contributed by atoms with Crippen molar-refractivity contribution in [3.05, 3.63) is 58.2 Å². The van der Waals surface area contributed by atoms with Crippen LogP contribution in [0.5, 0.6) is 0 Å². The monoisotopic (exact) mass is 309 g/mol. The largest absolute Gasteiger partial charge is 0.297 e. The molecular formula is C12H8ClN3O3S. The molecule has 0 atom stereocenters. The molecule has 0 aliphatic heterocycles. The lowest BCUT2D eigenvalue weighted by Gasteiger charge is -2.06. The molecule has 1 N–H and O–H groups in total. The smallest absolute Gasteiger partial charge is 0.269 e. The van der Waals surface area contributed by atoms with Crippen LogP contribution in [-0.4, -0.2) is 22.4 Å². The van der Waals surface area contributed by atoms with E-state index in [9.17, 15) is 13.2 Å². The van der Waals surface area contributed by atoms with Crippen LogP contribution >= 0.6 is 11.6 Å². The van der Waals surface area contributed by atoms with Gasteiger partial charge in [-0.15, -0.1) is 0 Å². The summed E-state index contributed by atoms with van der Waals surface area (Å²) in [6.45, 7) is 0. The van der Waals surface area contributed by atoms with E-state index < -0.39 is 15.6 Å². The number of nitrogens with zero attached hydrogens (tertiary/aromatic N) is 2. The summed E-state index contributed by atoms with van der Waals surface area (Å²) in [4.78, 5) is 18.0. The van der Waals surface area contributed by atoms with Crippen LogP contribution in [0.4, 0.5) is 0 Å². The Bertz CT molecular complexity index is 945. The molecule has 0 spiro atoms. The summed E-state index contributed by atoms with van der Waals surface area (Å²) in [6.07, 6.45) is 1.28. The zero-order chi connectivity index (χ0) is 14.3.